The molecule has 0 aliphatic rings. The van der Waals surface area contributed by atoms with E-state index in [4.69, 9.17) is 0 Å². The fraction of sp³-hybridized carbons (Fsp3) is 0.294. The van der Waals surface area contributed by atoms with Crippen molar-refractivity contribution in [2.24, 2.45) is 0 Å². The topological polar surface area (TPSA) is 45.2 Å². The number of aromatic nitrogens is 1. The predicted octanol–water partition coefficient (Wildman–Crippen LogP) is 4.12. The second-order valence-corrected chi connectivity index (χ2v) is 5.89. The molecule has 0 bridgehead atoms. The van der Waals surface area contributed by atoms with Crippen molar-refractivity contribution in [3.8, 4) is 0 Å². The van der Waals surface area contributed by atoms with Crippen molar-refractivity contribution in [2.75, 3.05) is 19.0 Å². The van der Waals surface area contributed by atoms with Gasteiger partial charge in [0.15, 0.2) is 0 Å². The first-order valence-electron chi connectivity index (χ1n) is 7.58. The fourth-order valence-corrected chi connectivity index (χ4v) is 2.19. The number of nitrogens with one attached hydrogen (secondary N) is 1. The van der Waals surface area contributed by atoms with Gasteiger partial charge in [-0.15, -0.1) is 0 Å². The van der Waals surface area contributed by atoms with Gasteiger partial charge in [-0.05, 0) is 35.9 Å². The van der Waals surface area contributed by atoms with E-state index in [0.717, 1.165) is 0 Å². The first kappa shape index (κ1) is 20.5. The Morgan fingerprint density at radius 1 is 1.00 bits per heavy atom. The molecule has 10 heteroatoms. The summed E-state index contributed by atoms with van der Waals surface area (Å²) in [6.07, 6.45) is -8.55. The molecular formula is C17H15F6N3O. The largest absolute Gasteiger partial charge is 0.416 e. The highest BCUT2D eigenvalue weighted by atomic mass is 19.4. The number of anilines is 1. The van der Waals surface area contributed by atoms with E-state index in [0.29, 0.717) is 23.5 Å². The van der Waals surface area contributed by atoms with Crippen molar-refractivity contribution in [1.29, 1.82) is 0 Å². The Balaban J connectivity index is 2.26. The van der Waals surface area contributed by atoms with Gasteiger partial charge in [-0.3, -0.25) is 4.79 Å². The minimum absolute atomic E-state index is 0.0248. The lowest BCUT2D eigenvalue weighted by atomic mass is 10.0. The standard InChI is InChI=1S/C17H15F6N3O/c1-26(2)14-5-10(3-4-24-14)9-25-15(27)11-6-12(16(18,19)20)8-13(7-11)17(21,22)23/h3-8H,9H2,1-2H3,(H,25,27). The number of hydrogen-bond donors (Lipinski definition) is 1. The van der Waals surface area contributed by atoms with Crippen LogP contribution in [0.15, 0.2) is 36.5 Å². The minimum Gasteiger partial charge on any atom is -0.363 e. The van der Waals surface area contributed by atoms with Gasteiger partial charge in [-0.2, -0.15) is 26.3 Å². The zero-order valence-corrected chi connectivity index (χ0v) is 14.2. The smallest absolute Gasteiger partial charge is 0.363 e. The first-order valence-corrected chi connectivity index (χ1v) is 7.58. The van der Waals surface area contributed by atoms with E-state index >= 15 is 0 Å². The second-order valence-electron chi connectivity index (χ2n) is 5.89. The van der Waals surface area contributed by atoms with Crippen LogP contribution in [-0.4, -0.2) is 25.0 Å². The number of alkyl halides is 6. The van der Waals surface area contributed by atoms with Crippen LogP contribution in [0.4, 0.5) is 32.2 Å². The third-order valence-electron chi connectivity index (χ3n) is 3.57. The van der Waals surface area contributed by atoms with Crippen LogP contribution in [0.1, 0.15) is 27.0 Å². The lowest BCUT2D eigenvalue weighted by Crippen LogP contribution is -2.24. The molecule has 0 saturated heterocycles. The highest BCUT2D eigenvalue weighted by Crippen LogP contribution is 2.36. The Kier molecular flexibility index (Phi) is 5.67. The molecule has 0 spiro atoms. The third-order valence-corrected chi connectivity index (χ3v) is 3.57. The average molecular weight is 391 g/mol. The van der Waals surface area contributed by atoms with Crippen LogP contribution in [-0.2, 0) is 18.9 Å². The van der Waals surface area contributed by atoms with E-state index in [2.05, 4.69) is 10.3 Å². The average Bonchev–Trinajstić information content (AvgIpc) is 2.58. The molecule has 0 unspecified atom stereocenters. The van der Waals surface area contributed by atoms with Gasteiger partial charge in [0.25, 0.3) is 5.91 Å². The molecule has 0 atom stereocenters. The zero-order valence-electron chi connectivity index (χ0n) is 14.2. The molecule has 1 amide bonds. The number of hydrogen-bond acceptors (Lipinski definition) is 3. The van der Waals surface area contributed by atoms with Gasteiger partial charge in [-0.1, -0.05) is 0 Å². The molecule has 0 saturated carbocycles. The van der Waals surface area contributed by atoms with Gasteiger partial charge in [-0.25, -0.2) is 4.98 Å². The maximum absolute atomic E-state index is 12.9. The zero-order chi connectivity index (χ0) is 20.4. The molecule has 1 N–H and O–H groups in total. The molecule has 146 valence electrons. The lowest BCUT2D eigenvalue weighted by Gasteiger charge is -2.15. The van der Waals surface area contributed by atoms with E-state index in [9.17, 15) is 31.1 Å². The minimum atomic E-state index is -5.01. The number of amides is 1. The lowest BCUT2D eigenvalue weighted by molar-refractivity contribution is -0.143. The molecule has 1 heterocycles. The molecule has 0 radical (unpaired) electrons. The quantitative estimate of drug-likeness (QED) is 0.798. The number of carbonyl (C=O) groups is 1. The van der Waals surface area contributed by atoms with Crippen LogP contribution in [0, 0.1) is 0 Å². The maximum atomic E-state index is 12.9. The fourth-order valence-electron chi connectivity index (χ4n) is 2.19. The number of halogens is 6. The van der Waals surface area contributed by atoms with Crippen molar-refractivity contribution in [3.63, 3.8) is 0 Å². The molecule has 2 aromatic rings. The third kappa shape index (κ3) is 5.35. The molecule has 1 aromatic heterocycles. The molecule has 2 rings (SSSR count). The number of pyridine rings is 1. The highest BCUT2D eigenvalue weighted by Gasteiger charge is 2.37. The van der Waals surface area contributed by atoms with E-state index in [1.54, 1.807) is 31.1 Å². The van der Waals surface area contributed by atoms with Gasteiger partial charge in [0.2, 0.25) is 0 Å². The monoisotopic (exact) mass is 391 g/mol. The van der Waals surface area contributed by atoms with Crippen molar-refractivity contribution in [1.82, 2.24) is 10.3 Å². The Bertz CT molecular complexity index is 798. The predicted molar refractivity (Wildman–Crippen MR) is 86.2 cm³/mol. The van der Waals surface area contributed by atoms with Crippen molar-refractivity contribution >= 4 is 11.7 Å². The van der Waals surface area contributed by atoms with Crippen molar-refractivity contribution in [3.05, 3.63) is 58.8 Å². The molecule has 27 heavy (non-hydrogen) atoms. The van der Waals surface area contributed by atoms with Crippen molar-refractivity contribution < 1.29 is 31.1 Å². The molecule has 0 aliphatic carbocycles. The number of rotatable bonds is 4. The van der Waals surface area contributed by atoms with Gasteiger partial charge >= 0.3 is 12.4 Å². The Morgan fingerprint density at radius 3 is 2.04 bits per heavy atom. The van der Waals surface area contributed by atoms with E-state index in [1.165, 1.54) is 6.20 Å². The van der Waals surface area contributed by atoms with Gasteiger partial charge in [0, 0.05) is 32.4 Å². The van der Waals surface area contributed by atoms with Crippen molar-refractivity contribution in [2.45, 2.75) is 18.9 Å². The Hall–Kier alpha value is -2.78. The Labute approximate surface area is 150 Å². The number of carbonyl (C=O) groups excluding carboxylic acids is 1. The van der Waals surface area contributed by atoms with Crippen LogP contribution < -0.4 is 10.2 Å². The van der Waals surface area contributed by atoms with Crippen LogP contribution in [0.3, 0.4) is 0 Å². The summed E-state index contributed by atoms with van der Waals surface area (Å²) >= 11 is 0. The summed E-state index contributed by atoms with van der Waals surface area (Å²) in [5, 5.41) is 2.32. The summed E-state index contributed by atoms with van der Waals surface area (Å²) in [7, 11) is 3.48. The van der Waals surface area contributed by atoms with Gasteiger partial charge < -0.3 is 10.2 Å². The summed E-state index contributed by atoms with van der Waals surface area (Å²) < 4.78 is 77.2. The van der Waals surface area contributed by atoms with Gasteiger partial charge in [0.1, 0.15) is 5.82 Å². The van der Waals surface area contributed by atoms with E-state index in [1.807, 2.05) is 0 Å². The number of benzene rings is 1. The van der Waals surface area contributed by atoms with E-state index in [-0.39, 0.29) is 12.6 Å². The molecule has 0 aliphatic heterocycles. The second kappa shape index (κ2) is 7.45. The molecular weight excluding hydrogens is 376 g/mol. The SMILES string of the molecule is CN(C)c1cc(CNC(=O)c2cc(C(F)(F)F)cc(C(F)(F)F)c2)ccn1. The summed E-state index contributed by atoms with van der Waals surface area (Å²) in [4.78, 5) is 17.9. The van der Waals surface area contributed by atoms with Gasteiger partial charge in [0.05, 0.1) is 11.1 Å². The summed E-state index contributed by atoms with van der Waals surface area (Å²) in [5.74, 6) is -0.463. The van der Waals surface area contributed by atoms with Crippen LogP contribution in [0.25, 0.3) is 0 Å². The maximum Gasteiger partial charge on any atom is 0.416 e. The molecule has 0 fully saturated rings. The summed E-state index contributed by atoms with van der Waals surface area (Å²) in [5.41, 5.74) is -3.22. The number of nitrogens with zero attached hydrogens (tertiary/aromatic N) is 2. The summed E-state index contributed by atoms with van der Waals surface area (Å²) in [6, 6.07) is 3.96. The van der Waals surface area contributed by atoms with Crippen LogP contribution in [0.2, 0.25) is 0 Å². The Morgan fingerprint density at radius 2 is 1.56 bits per heavy atom. The first-order chi connectivity index (χ1) is 12.4. The molecule has 1 aromatic carbocycles. The normalized spacial score (nSPS) is 12.0. The molecule has 4 nitrogen and oxygen atoms in total. The summed E-state index contributed by atoms with van der Waals surface area (Å²) in [6.45, 7) is -0.0835. The van der Waals surface area contributed by atoms with E-state index < -0.39 is 35.0 Å². The highest BCUT2D eigenvalue weighted by molar-refractivity contribution is 5.94. The van der Waals surface area contributed by atoms with Crippen LogP contribution in [0.5, 0.6) is 0 Å². The van der Waals surface area contributed by atoms with Crippen LogP contribution >= 0.6 is 0 Å².